The number of benzene rings is 3. The Kier molecular flexibility index (Phi) is 10.7. The zero-order valence-corrected chi connectivity index (χ0v) is 26.1. The Morgan fingerprint density at radius 1 is 0.756 bits per heavy atom. The normalized spacial score (nSPS) is 19.6. The topological polar surface area (TPSA) is 44.8 Å². The SMILES string of the molecule is CCCCOc1ccc(C2CCC(OC(=O)c3ccc(C4(c5ccc(OCC)c(F)c5F)CCCCC4)cc3)CC2)c(F)c1F. The zero-order chi connectivity index (χ0) is 32.0. The van der Waals surface area contributed by atoms with Gasteiger partial charge in [0.15, 0.2) is 23.1 Å². The Morgan fingerprint density at radius 3 is 2.07 bits per heavy atom. The van der Waals surface area contributed by atoms with E-state index in [0.717, 1.165) is 37.7 Å². The molecule has 0 spiro atoms. The van der Waals surface area contributed by atoms with E-state index in [0.29, 0.717) is 61.8 Å². The Morgan fingerprint density at radius 2 is 1.40 bits per heavy atom. The van der Waals surface area contributed by atoms with Gasteiger partial charge in [0.2, 0.25) is 11.6 Å². The van der Waals surface area contributed by atoms with E-state index in [1.807, 2.05) is 19.1 Å². The third kappa shape index (κ3) is 7.00. The van der Waals surface area contributed by atoms with Crippen molar-refractivity contribution in [2.45, 2.75) is 102 Å². The molecule has 2 aliphatic rings. The molecule has 242 valence electrons. The molecule has 2 saturated carbocycles. The van der Waals surface area contributed by atoms with E-state index in [4.69, 9.17) is 14.2 Å². The molecule has 0 saturated heterocycles. The fraction of sp³-hybridized carbons (Fsp3) is 0.486. The van der Waals surface area contributed by atoms with Gasteiger partial charge < -0.3 is 14.2 Å². The summed E-state index contributed by atoms with van der Waals surface area (Å²) in [6.07, 6.45) is 7.67. The summed E-state index contributed by atoms with van der Waals surface area (Å²) in [5, 5.41) is 0. The predicted octanol–water partition coefficient (Wildman–Crippen LogP) is 9.95. The van der Waals surface area contributed by atoms with Crippen molar-refractivity contribution in [3.05, 3.63) is 94.1 Å². The molecular formula is C37H42F4O4. The number of halogens is 4. The number of hydrogen-bond donors (Lipinski definition) is 0. The summed E-state index contributed by atoms with van der Waals surface area (Å²) in [6, 6.07) is 13.2. The van der Waals surface area contributed by atoms with Crippen LogP contribution in [0.4, 0.5) is 17.6 Å². The summed E-state index contributed by atoms with van der Waals surface area (Å²) in [5.74, 6) is -4.48. The first-order chi connectivity index (χ1) is 21.8. The van der Waals surface area contributed by atoms with E-state index in [1.165, 1.54) is 12.1 Å². The molecule has 3 aromatic rings. The van der Waals surface area contributed by atoms with Gasteiger partial charge in [-0.05, 0) is 93.2 Å². The summed E-state index contributed by atoms with van der Waals surface area (Å²) in [6.45, 7) is 4.30. The smallest absolute Gasteiger partial charge is 0.338 e. The molecule has 0 N–H and O–H groups in total. The number of rotatable bonds is 11. The van der Waals surface area contributed by atoms with E-state index in [2.05, 4.69) is 0 Å². The Bertz CT molecular complexity index is 1460. The Hall–Kier alpha value is -3.55. The molecule has 3 aromatic carbocycles. The van der Waals surface area contributed by atoms with Gasteiger partial charge in [-0.15, -0.1) is 0 Å². The fourth-order valence-electron chi connectivity index (χ4n) is 6.97. The third-order valence-corrected chi connectivity index (χ3v) is 9.46. The van der Waals surface area contributed by atoms with Crippen molar-refractivity contribution >= 4 is 5.97 Å². The van der Waals surface area contributed by atoms with Crippen molar-refractivity contribution in [3.63, 3.8) is 0 Å². The first-order valence-corrected chi connectivity index (χ1v) is 16.3. The van der Waals surface area contributed by atoms with Crippen molar-refractivity contribution < 1.29 is 36.6 Å². The number of esters is 1. The average Bonchev–Trinajstić information content (AvgIpc) is 3.06. The van der Waals surface area contributed by atoms with Crippen LogP contribution in [0.5, 0.6) is 11.5 Å². The van der Waals surface area contributed by atoms with E-state index in [-0.39, 0.29) is 30.1 Å². The molecule has 45 heavy (non-hydrogen) atoms. The van der Waals surface area contributed by atoms with Gasteiger partial charge in [0.05, 0.1) is 18.8 Å². The van der Waals surface area contributed by atoms with Gasteiger partial charge >= 0.3 is 5.97 Å². The highest BCUT2D eigenvalue weighted by Gasteiger charge is 2.39. The average molecular weight is 627 g/mol. The highest BCUT2D eigenvalue weighted by atomic mass is 19.2. The second-order valence-corrected chi connectivity index (χ2v) is 12.3. The van der Waals surface area contributed by atoms with Gasteiger partial charge in [0.1, 0.15) is 6.10 Å². The van der Waals surface area contributed by atoms with Crippen molar-refractivity contribution in [1.29, 1.82) is 0 Å². The molecule has 2 aliphatic carbocycles. The molecule has 0 bridgehead atoms. The molecule has 2 fully saturated rings. The highest BCUT2D eigenvalue weighted by Crippen LogP contribution is 2.47. The molecule has 0 aromatic heterocycles. The zero-order valence-electron chi connectivity index (χ0n) is 26.1. The Balaban J connectivity index is 1.24. The maximum Gasteiger partial charge on any atom is 0.338 e. The van der Waals surface area contributed by atoms with Crippen LogP contribution in [0, 0.1) is 23.3 Å². The minimum Gasteiger partial charge on any atom is -0.491 e. The van der Waals surface area contributed by atoms with Gasteiger partial charge in [0.25, 0.3) is 0 Å². The van der Waals surface area contributed by atoms with Crippen LogP contribution in [0.15, 0.2) is 48.5 Å². The predicted molar refractivity (Wildman–Crippen MR) is 165 cm³/mol. The molecule has 8 heteroatoms. The van der Waals surface area contributed by atoms with E-state index in [1.54, 1.807) is 31.2 Å². The van der Waals surface area contributed by atoms with E-state index < -0.39 is 34.7 Å². The minimum absolute atomic E-state index is 0.0653. The van der Waals surface area contributed by atoms with Gasteiger partial charge in [-0.2, -0.15) is 8.78 Å². The van der Waals surface area contributed by atoms with E-state index >= 15 is 4.39 Å². The van der Waals surface area contributed by atoms with Crippen LogP contribution in [-0.2, 0) is 10.2 Å². The lowest BCUT2D eigenvalue weighted by atomic mass is 9.65. The van der Waals surface area contributed by atoms with Crippen LogP contribution in [0.1, 0.15) is 117 Å². The summed E-state index contributed by atoms with van der Waals surface area (Å²) >= 11 is 0. The highest BCUT2D eigenvalue weighted by molar-refractivity contribution is 5.89. The number of carbonyl (C=O) groups excluding carboxylic acids is 1. The molecule has 0 amide bonds. The van der Waals surface area contributed by atoms with Crippen molar-refractivity contribution in [1.82, 2.24) is 0 Å². The lowest BCUT2D eigenvalue weighted by molar-refractivity contribution is 0.0194. The summed E-state index contributed by atoms with van der Waals surface area (Å²) in [4.78, 5) is 13.1. The standard InChI is InChI=1S/C37H42F4O4/c1-3-5-23-44-31-19-17-28(32(38)34(31)40)24-11-15-27(16-12-24)45-36(42)25-9-13-26(14-10-25)37(21-7-6-8-22-37)29-18-20-30(43-4-2)35(41)33(29)39/h9-10,13-14,17-20,24,27H,3-8,11-12,15-16,21-23H2,1-2H3. The first kappa shape index (κ1) is 32.8. The third-order valence-electron chi connectivity index (χ3n) is 9.46. The maximum absolute atomic E-state index is 15.4. The molecule has 0 heterocycles. The summed E-state index contributed by atoms with van der Waals surface area (Å²) in [7, 11) is 0. The van der Waals surface area contributed by atoms with Crippen molar-refractivity contribution in [3.8, 4) is 11.5 Å². The molecule has 4 nitrogen and oxygen atoms in total. The summed E-state index contributed by atoms with van der Waals surface area (Å²) in [5.41, 5.74) is 1.14. The van der Waals surface area contributed by atoms with Crippen molar-refractivity contribution in [2.75, 3.05) is 13.2 Å². The van der Waals surface area contributed by atoms with Crippen molar-refractivity contribution in [2.24, 2.45) is 0 Å². The molecule has 0 aliphatic heterocycles. The quantitative estimate of drug-likeness (QED) is 0.121. The van der Waals surface area contributed by atoms with Gasteiger partial charge in [0, 0.05) is 11.0 Å². The first-order valence-electron chi connectivity index (χ1n) is 16.3. The second kappa shape index (κ2) is 14.7. The van der Waals surface area contributed by atoms with Gasteiger partial charge in [-0.1, -0.05) is 56.9 Å². The number of carbonyl (C=O) groups is 1. The minimum atomic E-state index is -0.976. The molecule has 0 atom stereocenters. The van der Waals surface area contributed by atoms with Crippen LogP contribution in [0.3, 0.4) is 0 Å². The number of ether oxygens (including phenoxy) is 3. The van der Waals surface area contributed by atoms with Gasteiger partial charge in [-0.3, -0.25) is 0 Å². The second-order valence-electron chi connectivity index (χ2n) is 12.3. The molecule has 5 rings (SSSR count). The van der Waals surface area contributed by atoms with Crippen LogP contribution in [-0.4, -0.2) is 25.3 Å². The van der Waals surface area contributed by atoms with Crippen LogP contribution in [0.25, 0.3) is 0 Å². The lowest BCUT2D eigenvalue weighted by Crippen LogP contribution is -2.32. The molecular weight excluding hydrogens is 584 g/mol. The Labute approximate surface area is 263 Å². The van der Waals surface area contributed by atoms with E-state index in [9.17, 15) is 18.0 Å². The lowest BCUT2D eigenvalue weighted by Gasteiger charge is -2.39. The van der Waals surface area contributed by atoms with Gasteiger partial charge in [-0.25, -0.2) is 13.6 Å². The number of unbranched alkanes of at least 4 members (excludes halogenated alkanes) is 1. The molecule has 0 unspecified atom stereocenters. The fourth-order valence-corrected chi connectivity index (χ4v) is 6.97. The monoisotopic (exact) mass is 626 g/mol. The van der Waals surface area contributed by atoms with Crippen LogP contribution < -0.4 is 9.47 Å². The summed E-state index contributed by atoms with van der Waals surface area (Å²) < 4.78 is 76.3. The van der Waals surface area contributed by atoms with Crippen LogP contribution >= 0.6 is 0 Å². The molecule has 0 radical (unpaired) electrons. The number of hydrogen-bond acceptors (Lipinski definition) is 4. The largest absolute Gasteiger partial charge is 0.491 e. The maximum atomic E-state index is 15.4. The van der Waals surface area contributed by atoms with Crippen LogP contribution in [0.2, 0.25) is 0 Å².